The lowest BCUT2D eigenvalue weighted by Gasteiger charge is -2.16. The van der Waals surface area contributed by atoms with Gasteiger partial charge in [0.1, 0.15) is 12.7 Å². The average Bonchev–Trinajstić information content (AvgIpc) is 2.52. The first-order valence-corrected chi connectivity index (χ1v) is 8.56. The van der Waals surface area contributed by atoms with Crippen LogP contribution in [0.3, 0.4) is 0 Å². The topological polar surface area (TPSA) is 41.5 Å². The van der Waals surface area contributed by atoms with Gasteiger partial charge in [-0.2, -0.15) is 0 Å². The molecule has 1 aliphatic rings. The Morgan fingerprint density at radius 3 is 2.68 bits per heavy atom. The molecule has 0 amide bonds. The second kappa shape index (κ2) is 9.41. The molecule has 22 heavy (non-hydrogen) atoms. The highest BCUT2D eigenvalue weighted by molar-refractivity contribution is 6.37. The Balaban J connectivity index is 1.63. The average molecular weight is 344 g/mol. The number of nitrogens with one attached hydrogen (secondary N) is 1. The molecule has 0 unspecified atom stereocenters. The molecule has 1 aromatic rings. The predicted octanol–water partition coefficient (Wildman–Crippen LogP) is 4.21. The third-order valence-electron chi connectivity index (χ3n) is 3.73. The molecule has 3 nitrogen and oxygen atoms in total. The van der Waals surface area contributed by atoms with E-state index in [0.29, 0.717) is 22.3 Å². The normalized spacial score (nSPS) is 16.2. The fraction of sp³-hybridized carbons (Fsp3) is 0.529. The summed E-state index contributed by atoms with van der Waals surface area (Å²) in [6.45, 7) is 1.55. The molecule has 0 radical (unpaired) electrons. The van der Waals surface area contributed by atoms with Gasteiger partial charge in [-0.1, -0.05) is 40.9 Å². The Hall–Kier alpha value is -0.740. The molecule has 2 rings (SSSR count). The number of aliphatic hydroxyl groups excluding tert-OH is 1. The lowest BCUT2D eigenvalue weighted by Crippen LogP contribution is -2.32. The summed E-state index contributed by atoms with van der Waals surface area (Å²) in [5, 5.41) is 14.1. The first-order valence-electron chi connectivity index (χ1n) is 7.80. The lowest BCUT2D eigenvalue weighted by molar-refractivity contribution is 0.107. The third kappa shape index (κ3) is 5.81. The van der Waals surface area contributed by atoms with Crippen LogP contribution < -0.4 is 10.1 Å². The molecule has 5 heteroatoms. The Morgan fingerprint density at radius 2 is 2.00 bits per heavy atom. The molecule has 0 heterocycles. The zero-order chi connectivity index (χ0) is 15.8. The number of rotatable bonds is 8. The molecule has 0 saturated heterocycles. The minimum absolute atomic E-state index is 0.166. The van der Waals surface area contributed by atoms with Gasteiger partial charge < -0.3 is 15.2 Å². The zero-order valence-electron chi connectivity index (χ0n) is 12.7. The van der Waals surface area contributed by atoms with Gasteiger partial charge in [0.25, 0.3) is 0 Å². The van der Waals surface area contributed by atoms with Gasteiger partial charge in [-0.15, -0.1) is 0 Å². The number of hydrogen-bond acceptors (Lipinski definition) is 3. The highest BCUT2D eigenvalue weighted by atomic mass is 35.5. The van der Waals surface area contributed by atoms with Crippen LogP contribution in [-0.4, -0.2) is 30.9 Å². The van der Waals surface area contributed by atoms with Crippen LogP contribution in [0.15, 0.2) is 29.8 Å². The fourth-order valence-electron chi connectivity index (χ4n) is 2.51. The van der Waals surface area contributed by atoms with E-state index in [4.69, 9.17) is 27.9 Å². The van der Waals surface area contributed by atoms with Crippen molar-refractivity contribution in [2.45, 2.75) is 38.2 Å². The maximum absolute atomic E-state index is 9.94. The number of halogens is 2. The van der Waals surface area contributed by atoms with Crippen molar-refractivity contribution in [3.63, 3.8) is 0 Å². The summed E-state index contributed by atoms with van der Waals surface area (Å²) >= 11 is 12.0. The van der Waals surface area contributed by atoms with Crippen molar-refractivity contribution < 1.29 is 9.84 Å². The van der Waals surface area contributed by atoms with Crippen LogP contribution in [0.5, 0.6) is 5.75 Å². The van der Waals surface area contributed by atoms with Crippen LogP contribution in [-0.2, 0) is 0 Å². The van der Waals surface area contributed by atoms with Gasteiger partial charge in [-0.05, 0) is 50.8 Å². The van der Waals surface area contributed by atoms with Gasteiger partial charge in [0.2, 0.25) is 0 Å². The van der Waals surface area contributed by atoms with Crippen LogP contribution in [0.4, 0.5) is 0 Å². The van der Waals surface area contributed by atoms with Crippen molar-refractivity contribution in [2.24, 2.45) is 0 Å². The molecule has 0 spiro atoms. The lowest BCUT2D eigenvalue weighted by atomic mass is 9.97. The van der Waals surface area contributed by atoms with Gasteiger partial charge in [-0.25, -0.2) is 0 Å². The van der Waals surface area contributed by atoms with E-state index >= 15 is 0 Å². The summed E-state index contributed by atoms with van der Waals surface area (Å²) in [5.74, 6) is 0.428. The highest BCUT2D eigenvalue weighted by Gasteiger charge is 2.10. The summed E-state index contributed by atoms with van der Waals surface area (Å²) in [7, 11) is 0. The van der Waals surface area contributed by atoms with Crippen molar-refractivity contribution in [3.8, 4) is 5.75 Å². The van der Waals surface area contributed by atoms with Crippen molar-refractivity contribution in [3.05, 3.63) is 39.9 Å². The van der Waals surface area contributed by atoms with E-state index in [2.05, 4.69) is 11.4 Å². The SMILES string of the molecule is O[C@H](CNCCC1=CCCCC1)COc1c(Cl)cccc1Cl. The van der Waals surface area contributed by atoms with Crippen LogP contribution in [0.2, 0.25) is 10.0 Å². The fourth-order valence-corrected chi connectivity index (χ4v) is 3.01. The van der Waals surface area contributed by atoms with Crippen molar-refractivity contribution >= 4 is 23.2 Å². The third-order valence-corrected chi connectivity index (χ3v) is 4.32. The quantitative estimate of drug-likeness (QED) is 0.548. The summed E-state index contributed by atoms with van der Waals surface area (Å²) in [4.78, 5) is 0. The summed E-state index contributed by atoms with van der Waals surface area (Å²) in [5.41, 5.74) is 1.53. The number of hydrogen-bond donors (Lipinski definition) is 2. The van der Waals surface area contributed by atoms with Crippen LogP contribution >= 0.6 is 23.2 Å². The van der Waals surface area contributed by atoms with Crippen LogP contribution in [0.1, 0.15) is 32.1 Å². The van der Waals surface area contributed by atoms with E-state index in [1.54, 1.807) is 18.2 Å². The molecule has 1 aromatic carbocycles. The molecule has 122 valence electrons. The molecule has 1 aliphatic carbocycles. The number of benzene rings is 1. The van der Waals surface area contributed by atoms with E-state index in [9.17, 15) is 5.11 Å². The number of para-hydroxylation sites is 1. The van der Waals surface area contributed by atoms with Crippen LogP contribution in [0, 0.1) is 0 Å². The van der Waals surface area contributed by atoms with Gasteiger partial charge in [0, 0.05) is 6.54 Å². The standard InChI is InChI=1S/C17H23Cl2NO2/c18-15-7-4-8-16(19)17(15)22-12-14(21)11-20-10-9-13-5-2-1-3-6-13/h4-5,7-8,14,20-21H,1-3,6,9-12H2/t14-/m1/s1. The first-order chi connectivity index (χ1) is 10.7. The number of ether oxygens (including phenoxy) is 1. The predicted molar refractivity (Wildman–Crippen MR) is 92.0 cm³/mol. The second-order valence-electron chi connectivity index (χ2n) is 5.58. The van der Waals surface area contributed by atoms with Gasteiger partial charge >= 0.3 is 0 Å². The largest absolute Gasteiger partial charge is 0.488 e. The highest BCUT2D eigenvalue weighted by Crippen LogP contribution is 2.32. The zero-order valence-corrected chi connectivity index (χ0v) is 14.2. The Kier molecular flexibility index (Phi) is 7.53. The van der Waals surface area contributed by atoms with E-state index in [1.165, 1.54) is 31.3 Å². The van der Waals surface area contributed by atoms with E-state index in [1.807, 2.05) is 0 Å². The minimum Gasteiger partial charge on any atom is -0.488 e. The molecule has 0 fully saturated rings. The van der Waals surface area contributed by atoms with Crippen molar-refractivity contribution in [1.29, 1.82) is 0 Å². The Bertz CT molecular complexity index is 485. The molecule has 1 atom stereocenters. The Morgan fingerprint density at radius 1 is 1.23 bits per heavy atom. The smallest absolute Gasteiger partial charge is 0.156 e. The molecule has 2 N–H and O–H groups in total. The molecule has 0 aromatic heterocycles. The maximum atomic E-state index is 9.94. The van der Waals surface area contributed by atoms with Gasteiger partial charge in [0.15, 0.2) is 5.75 Å². The van der Waals surface area contributed by atoms with Gasteiger partial charge in [0.05, 0.1) is 10.0 Å². The van der Waals surface area contributed by atoms with E-state index < -0.39 is 6.10 Å². The molecule has 0 saturated carbocycles. The molecule has 0 bridgehead atoms. The summed E-state index contributed by atoms with van der Waals surface area (Å²) in [6, 6.07) is 5.19. The molecule has 0 aliphatic heterocycles. The van der Waals surface area contributed by atoms with Crippen molar-refractivity contribution in [1.82, 2.24) is 5.32 Å². The molecular weight excluding hydrogens is 321 g/mol. The number of allylic oxidation sites excluding steroid dienone is 1. The number of aliphatic hydroxyl groups is 1. The Labute approximate surface area is 142 Å². The van der Waals surface area contributed by atoms with Gasteiger partial charge in [-0.3, -0.25) is 0 Å². The second-order valence-corrected chi connectivity index (χ2v) is 6.39. The van der Waals surface area contributed by atoms with E-state index in [0.717, 1.165) is 13.0 Å². The monoisotopic (exact) mass is 343 g/mol. The first kappa shape index (κ1) is 17.6. The van der Waals surface area contributed by atoms with Crippen LogP contribution in [0.25, 0.3) is 0 Å². The minimum atomic E-state index is -0.590. The van der Waals surface area contributed by atoms with Crippen molar-refractivity contribution in [2.75, 3.05) is 19.7 Å². The molecular formula is C17H23Cl2NO2. The summed E-state index contributed by atoms with van der Waals surface area (Å²) in [6.07, 6.45) is 7.88. The van der Waals surface area contributed by atoms with E-state index in [-0.39, 0.29) is 6.61 Å². The maximum Gasteiger partial charge on any atom is 0.156 e. The summed E-state index contributed by atoms with van der Waals surface area (Å²) < 4.78 is 5.51.